The lowest BCUT2D eigenvalue weighted by Crippen LogP contribution is -2.12. The Bertz CT molecular complexity index is 806. The van der Waals surface area contributed by atoms with Crippen LogP contribution in [0, 0.1) is 5.82 Å². The van der Waals surface area contributed by atoms with E-state index in [0.29, 0.717) is 10.9 Å². The number of nitrogens with one attached hydrogen (secondary N) is 1. The molecule has 1 aromatic carbocycles. The Labute approximate surface area is 127 Å². The van der Waals surface area contributed by atoms with Gasteiger partial charge in [0.25, 0.3) is 0 Å². The van der Waals surface area contributed by atoms with Gasteiger partial charge < -0.3 is 0 Å². The fourth-order valence-corrected chi connectivity index (χ4v) is 3.44. The Morgan fingerprint density at radius 1 is 1.38 bits per heavy atom. The van der Waals surface area contributed by atoms with Crippen LogP contribution >= 0.6 is 23.1 Å². The van der Waals surface area contributed by atoms with E-state index in [1.54, 1.807) is 19.2 Å². The predicted octanol–water partition coefficient (Wildman–Crippen LogP) is 2.66. The lowest BCUT2D eigenvalue weighted by molar-refractivity contribution is 0.628. The molecule has 0 saturated carbocycles. The molecule has 0 atom stereocenters. The summed E-state index contributed by atoms with van der Waals surface area (Å²) < 4.78 is 14.4. The highest BCUT2D eigenvalue weighted by Gasteiger charge is 2.08. The number of rotatable bonds is 4. The minimum Gasteiger partial charge on any atom is -0.273 e. The van der Waals surface area contributed by atoms with Crippen LogP contribution in [0.4, 0.5) is 4.39 Å². The van der Waals surface area contributed by atoms with Crippen LogP contribution in [0.15, 0.2) is 39.6 Å². The van der Waals surface area contributed by atoms with Crippen molar-refractivity contribution in [2.45, 2.75) is 10.9 Å². The molecule has 0 spiro atoms. The second-order valence-electron chi connectivity index (χ2n) is 4.31. The smallest absolute Gasteiger partial charge is 0.273 e. The quantitative estimate of drug-likeness (QED) is 0.750. The van der Waals surface area contributed by atoms with E-state index in [1.807, 2.05) is 5.38 Å². The zero-order chi connectivity index (χ0) is 14.8. The average Bonchev–Trinajstić information content (AvgIpc) is 3.07. The number of halogens is 1. The number of thiazole rings is 1. The molecule has 0 unspecified atom stereocenters. The first-order valence-electron chi connectivity index (χ1n) is 6.08. The van der Waals surface area contributed by atoms with E-state index in [1.165, 1.54) is 39.8 Å². The summed E-state index contributed by atoms with van der Waals surface area (Å²) >= 11 is 2.95. The van der Waals surface area contributed by atoms with Crippen molar-refractivity contribution in [3.05, 3.63) is 51.6 Å². The van der Waals surface area contributed by atoms with Gasteiger partial charge in [-0.2, -0.15) is 0 Å². The maximum atomic E-state index is 12.9. The Morgan fingerprint density at radius 2 is 2.14 bits per heavy atom. The molecule has 21 heavy (non-hydrogen) atoms. The van der Waals surface area contributed by atoms with Crippen molar-refractivity contribution in [2.24, 2.45) is 7.05 Å². The van der Waals surface area contributed by atoms with Crippen molar-refractivity contribution in [2.75, 3.05) is 0 Å². The lowest BCUT2D eigenvalue weighted by Gasteiger charge is -1.97. The average molecular weight is 322 g/mol. The second kappa shape index (κ2) is 5.82. The zero-order valence-electron chi connectivity index (χ0n) is 11.0. The summed E-state index contributed by atoms with van der Waals surface area (Å²) in [5.74, 6) is 0.362. The highest BCUT2D eigenvalue weighted by molar-refractivity contribution is 7.98. The minimum absolute atomic E-state index is 0.234. The number of hydrogen-bond donors (Lipinski definition) is 1. The van der Waals surface area contributed by atoms with Crippen LogP contribution < -0.4 is 5.69 Å². The Balaban J connectivity index is 1.72. The van der Waals surface area contributed by atoms with Gasteiger partial charge in [-0.1, -0.05) is 11.8 Å². The fourth-order valence-electron chi connectivity index (χ4n) is 1.70. The Hall–Kier alpha value is -1.93. The minimum atomic E-state index is -0.259. The molecule has 2 aromatic heterocycles. The van der Waals surface area contributed by atoms with Crippen LogP contribution in [-0.2, 0) is 12.8 Å². The van der Waals surface area contributed by atoms with Crippen LogP contribution in [0.1, 0.15) is 5.69 Å². The molecule has 3 aromatic rings. The normalized spacial score (nSPS) is 11.0. The van der Waals surface area contributed by atoms with Gasteiger partial charge in [0, 0.05) is 23.7 Å². The van der Waals surface area contributed by atoms with Gasteiger partial charge in [-0.25, -0.2) is 19.3 Å². The Morgan fingerprint density at radius 3 is 2.81 bits per heavy atom. The van der Waals surface area contributed by atoms with E-state index < -0.39 is 0 Å². The van der Waals surface area contributed by atoms with Gasteiger partial charge in [0.2, 0.25) is 0 Å². The van der Waals surface area contributed by atoms with Crippen LogP contribution in [-0.4, -0.2) is 19.7 Å². The topological polar surface area (TPSA) is 63.6 Å². The van der Waals surface area contributed by atoms with Gasteiger partial charge in [0.1, 0.15) is 10.8 Å². The first-order valence-corrected chi connectivity index (χ1v) is 7.94. The van der Waals surface area contributed by atoms with Crippen molar-refractivity contribution in [1.82, 2.24) is 19.7 Å². The second-order valence-corrected chi connectivity index (χ2v) is 6.11. The van der Waals surface area contributed by atoms with Crippen molar-refractivity contribution in [1.29, 1.82) is 0 Å². The van der Waals surface area contributed by atoms with Gasteiger partial charge in [0.05, 0.1) is 5.69 Å². The first-order chi connectivity index (χ1) is 10.1. The van der Waals surface area contributed by atoms with Crippen molar-refractivity contribution < 1.29 is 4.39 Å². The first kappa shape index (κ1) is 14.0. The molecule has 8 heteroatoms. The third-order valence-corrected chi connectivity index (χ3v) is 4.83. The van der Waals surface area contributed by atoms with Gasteiger partial charge in [-0.15, -0.1) is 16.4 Å². The number of aromatic amines is 1. The van der Waals surface area contributed by atoms with E-state index in [0.717, 1.165) is 16.3 Å². The van der Waals surface area contributed by atoms with Gasteiger partial charge >= 0.3 is 5.69 Å². The number of H-pyrrole nitrogens is 1. The molecule has 0 fully saturated rings. The molecule has 1 N–H and O–H groups in total. The van der Waals surface area contributed by atoms with Crippen LogP contribution in [0.3, 0.4) is 0 Å². The molecule has 3 rings (SSSR count). The molecule has 5 nitrogen and oxygen atoms in total. The third kappa shape index (κ3) is 3.06. The summed E-state index contributed by atoms with van der Waals surface area (Å²) in [4.78, 5) is 15.8. The molecule has 0 radical (unpaired) electrons. The molecule has 0 saturated heterocycles. The van der Waals surface area contributed by atoms with Crippen LogP contribution in [0.2, 0.25) is 0 Å². The highest BCUT2D eigenvalue weighted by Crippen LogP contribution is 2.26. The maximum Gasteiger partial charge on any atom is 0.343 e. The predicted molar refractivity (Wildman–Crippen MR) is 80.9 cm³/mol. The molecular formula is C13H11FN4OS2. The summed E-state index contributed by atoms with van der Waals surface area (Å²) in [6.07, 6.45) is 0. The molecule has 108 valence electrons. The molecule has 0 amide bonds. The summed E-state index contributed by atoms with van der Waals surface area (Å²) in [5, 5.41) is 9.75. The van der Waals surface area contributed by atoms with E-state index in [2.05, 4.69) is 15.2 Å². The third-order valence-electron chi connectivity index (χ3n) is 2.83. The molecule has 2 heterocycles. The number of benzene rings is 1. The standard InChI is InChI=1S/C13H11FN4OS2/c1-18-12(19)16-17-13(18)21-7-10-6-20-11(15-10)8-2-4-9(14)5-3-8/h2-6H,7H2,1H3,(H,16,19). The van der Waals surface area contributed by atoms with Gasteiger partial charge in [-0.05, 0) is 24.3 Å². The number of hydrogen-bond acceptors (Lipinski definition) is 5. The van der Waals surface area contributed by atoms with Gasteiger partial charge in [-0.3, -0.25) is 4.57 Å². The summed E-state index contributed by atoms with van der Waals surface area (Å²) in [6.45, 7) is 0. The largest absolute Gasteiger partial charge is 0.343 e. The molecule has 0 aliphatic rings. The number of nitrogens with zero attached hydrogens (tertiary/aromatic N) is 3. The van der Waals surface area contributed by atoms with Crippen LogP contribution in [0.5, 0.6) is 0 Å². The monoisotopic (exact) mass is 322 g/mol. The zero-order valence-corrected chi connectivity index (χ0v) is 12.7. The van der Waals surface area contributed by atoms with E-state index in [4.69, 9.17) is 0 Å². The van der Waals surface area contributed by atoms with Crippen molar-refractivity contribution >= 4 is 23.1 Å². The molecule has 0 aliphatic heterocycles. The summed E-state index contributed by atoms with van der Waals surface area (Å²) in [6, 6.07) is 6.26. The molecule has 0 aliphatic carbocycles. The van der Waals surface area contributed by atoms with Crippen molar-refractivity contribution in [3.8, 4) is 10.6 Å². The summed E-state index contributed by atoms with van der Waals surface area (Å²) in [7, 11) is 1.67. The molecular weight excluding hydrogens is 311 g/mol. The van der Waals surface area contributed by atoms with Gasteiger partial charge in [0.15, 0.2) is 5.16 Å². The van der Waals surface area contributed by atoms with E-state index in [-0.39, 0.29) is 11.5 Å². The maximum absolute atomic E-state index is 12.9. The fraction of sp³-hybridized carbons (Fsp3) is 0.154. The number of thioether (sulfide) groups is 1. The SMILES string of the molecule is Cn1c(SCc2csc(-c3ccc(F)cc3)n2)n[nH]c1=O. The van der Waals surface area contributed by atoms with E-state index >= 15 is 0 Å². The van der Waals surface area contributed by atoms with Crippen LogP contribution in [0.25, 0.3) is 10.6 Å². The Kier molecular flexibility index (Phi) is 3.89. The summed E-state index contributed by atoms with van der Waals surface area (Å²) in [5.41, 5.74) is 1.56. The number of aromatic nitrogens is 4. The lowest BCUT2D eigenvalue weighted by atomic mass is 10.2. The molecule has 0 bridgehead atoms. The highest BCUT2D eigenvalue weighted by atomic mass is 32.2. The van der Waals surface area contributed by atoms with E-state index in [9.17, 15) is 9.18 Å². The van der Waals surface area contributed by atoms with Crippen molar-refractivity contribution in [3.63, 3.8) is 0 Å².